The van der Waals surface area contributed by atoms with Crippen LogP contribution in [-0.2, 0) is 0 Å². The molecule has 0 aromatic heterocycles. The van der Waals surface area contributed by atoms with Crippen LogP contribution in [0.1, 0.15) is 26.7 Å². The van der Waals surface area contributed by atoms with Gasteiger partial charge in [-0.2, -0.15) is 5.26 Å². The van der Waals surface area contributed by atoms with E-state index in [1.807, 2.05) is 0 Å². The molecule has 98 valence electrons. The molecule has 0 amide bonds. The number of anilines is 1. The third-order valence-electron chi connectivity index (χ3n) is 2.84. The van der Waals surface area contributed by atoms with Crippen molar-refractivity contribution in [2.24, 2.45) is 5.41 Å². The van der Waals surface area contributed by atoms with Crippen LogP contribution in [0.15, 0.2) is 18.2 Å². The van der Waals surface area contributed by atoms with Crippen LogP contribution in [0, 0.1) is 22.6 Å². The second-order valence-corrected chi connectivity index (χ2v) is 5.03. The monoisotopic (exact) mass is 250 g/mol. The van der Waals surface area contributed by atoms with Crippen molar-refractivity contribution in [3.63, 3.8) is 0 Å². The van der Waals surface area contributed by atoms with Crippen molar-refractivity contribution in [3.05, 3.63) is 24.0 Å². The Kier molecular flexibility index (Phi) is 4.96. The Morgan fingerprint density at radius 3 is 2.78 bits per heavy atom. The number of hydrogen-bond donors (Lipinski definition) is 1. The van der Waals surface area contributed by atoms with Crippen molar-refractivity contribution in [3.8, 4) is 11.8 Å². The Labute approximate surface area is 108 Å². The Hall–Kier alpha value is -1.76. The fourth-order valence-corrected chi connectivity index (χ4v) is 1.59. The number of hydrogen-bond acceptors (Lipinski definition) is 3. The first-order valence-corrected chi connectivity index (χ1v) is 5.93. The molecule has 0 unspecified atom stereocenters. The first-order chi connectivity index (χ1) is 8.48. The summed E-state index contributed by atoms with van der Waals surface area (Å²) in [6.45, 7) is 4.92. The summed E-state index contributed by atoms with van der Waals surface area (Å²) in [5.41, 5.74) is 0.843. The van der Waals surface area contributed by atoms with Gasteiger partial charge in [-0.25, -0.2) is 4.39 Å². The highest BCUT2D eigenvalue weighted by atomic mass is 19.1. The largest absolute Gasteiger partial charge is 0.494 e. The van der Waals surface area contributed by atoms with Crippen molar-refractivity contribution >= 4 is 5.69 Å². The van der Waals surface area contributed by atoms with Crippen LogP contribution in [0.5, 0.6) is 5.75 Å². The van der Waals surface area contributed by atoms with Crippen molar-refractivity contribution in [1.82, 2.24) is 0 Å². The molecule has 0 atom stereocenters. The fraction of sp³-hybridized carbons (Fsp3) is 0.500. The van der Waals surface area contributed by atoms with E-state index in [-0.39, 0.29) is 17.0 Å². The molecule has 1 aromatic carbocycles. The van der Waals surface area contributed by atoms with Crippen molar-refractivity contribution < 1.29 is 9.13 Å². The number of halogens is 1. The second kappa shape index (κ2) is 6.25. The Morgan fingerprint density at radius 1 is 1.44 bits per heavy atom. The molecular formula is C14H19FN2O. The predicted octanol–water partition coefficient (Wildman–Crippen LogP) is 3.58. The Balaban J connectivity index is 2.61. The van der Waals surface area contributed by atoms with E-state index in [2.05, 4.69) is 25.2 Å². The number of nitriles is 1. The first-order valence-electron chi connectivity index (χ1n) is 5.93. The summed E-state index contributed by atoms with van der Waals surface area (Å²) in [6, 6.07) is 6.84. The maximum atomic E-state index is 13.2. The van der Waals surface area contributed by atoms with Gasteiger partial charge in [-0.15, -0.1) is 0 Å². The molecule has 1 N–H and O–H groups in total. The quantitative estimate of drug-likeness (QED) is 0.839. The number of nitrogens with zero attached hydrogens (tertiary/aromatic N) is 1. The maximum absolute atomic E-state index is 13.2. The zero-order valence-corrected chi connectivity index (χ0v) is 11.1. The van der Waals surface area contributed by atoms with Gasteiger partial charge in [0, 0.05) is 24.7 Å². The lowest BCUT2D eigenvalue weighted by Crippen LogP contribution is -2.22. The standard InChI is InChI=1S/C14H19FN2O/c1-14(2,7-4-8-16)10-17-11-5-6-12(15)13(9-11)18-3/h5-6,9,17H,4,7,10H2,1-3H3. The van der Waals surface area contributed by atoms with Crippen LogP contribution in [0.3, 0.4) is 0 Å². The van der Waals surface area contributed by atoms with Crippen molar-refractivity contribution in [2.45, 2.75) is 26.7 Å². The zero-order chi connectivity index (χ0) is 13.6. The minimum Gasteiger partial charge on any atom is -0.494 e. The predicted molar refractivity (Wildman–Crippen MR) is 70.1 cm³/mol. The van der Waals surface area contributed by atoms with E-state index >= 15 is 0 Å². The van der Waals surface area contributed by atoms with Crippen LogP contribution in [0.4, 0.5) is 10.1 Å². The molecule has 0 aliphatic heterocycles. The van der Waals surface area contributed by atoms with Gasteiger partial charge < -0.3 is 10.1 Å². The molecule has 0 heterocycles. The molecule has 0 spiro atoms. The topological polar surface area (TPSA) is 45.0 Å². The minimum atomic E-state index is -0.369. The van der Waals surface area contributed by atoms with E-state index in [1.165, 1.54) is 13.2 Å². The smallest absolute Gasteiger partial charge is 0.165 e. The molecule has 1 rings (SSSR count). The number of nitrogens with one attached hydrogen (secondary N) is 1. The highest BCUT2D eigenvalue weighted by Gasteiger charge is 2.17. The lowest BCUT2D eigenvalue weighted by Gasteiger charge is -2.24. The van der Waals surface area contributed by atoms with Gasteiger partial charge in [0.2, 0.25) is 0 Å². The van der Waals surface area contributed by atoms with E-state index in [1.54, 1.807) is 12.1 Å². The summed E-state index contributed by atoms with van der Waals surface area (Å²) in [5, 5.41) is 11.8. The van der Waals surface area contributed by atoms with Crippen LogP contribution in [0.25, 0.3) is 0 Å². The summed E-state index contributed by atoms with van der Waals surface area (Å²) in [6.07, 6.45) is 1.37. The molecule has 0 aliphatic carbocycles. The van der Waals surface area contributed by atoms with E-state index in [9.17, 15) is 4.39 Å². The first kappa shape index (κ1) is 14.3. The van der Waals surface area contributed by atoms with Gasteiger partial charge >= 0.3 is 0 Å². The minimum absolute atomic E-state index is 0.0251. The third-order valence-corrected chi connectivity index (χ3v) is 2.84. The van der Waals surface area contributed by atoms with Gasteiger partial charge in [-0.05, 0) is 24.0 Å². The Bertz CT molecular complexity index is 438. The number of ether oxygens (including phenoxy) is 1. The SMILES string of the molecule is COc1cc(NCC(C)(C)CCC#N)ccc1F. The normalized spacial score (nSPS) is 10.8. The number of methoxy groups -OCH3 is 1. The van der Waals surface area contributed by atoms with Crippen LogP contribution in [-0.4, -0.2) is 13.7 Å². The zero-order valence-electron chi connectivity index (χ0n) is 11.1. The molecule has 0 saturated carbocycles. The molecule has 0 fully saturated rings. The van der Waals surface area contributed by atoms with Gasteiger partial charge in [0.25, 0.3) is 0 Å². The van der Waals surface area contributed by atoms with Gasteiger partial charge in [0.15, 0.2) is 11.6 Å². The maximum Gasteiger partial charge on any atom is 0.165 e. The van der Waals surface area contributed by atoms with Gasteiger partial charge in [0.1, 0.15) is 0 Å². The molecular weight excluding hydrogens is 231 g/mol. The molecule has 0 aliphatic rings. The lowest BCUT2D eigenvalue weighted by atomic mass is 9.88. The number of benzene rings is 1. The second-order valence-electron chi connectivity index (χ2n) is 5.03. The van der Waals surface area contributed by atoms with Crippen molar-refractivity contribution in [2.75, 3.05) is 19.0 Å². The highest BCUT2D eigenvalue weighted by molar-refractivity contribution is 5.48. The molecule has 4 heteroatoms. The summed E-state index contributed by atoms with van der Waals surface area (Å²) >= 11 is 0. The molecule has 1 aromatic rings. The average molecular weight is 250 g/mol. The summed E-state index contributed by atoms with van der Waals surface area (Å²) in [4.78, 5) is 0. The average Bonchev–Trinajstić information content (AvgIpc) is 2.35. The van der Waals surface area contributed by atoms with Crippen LogP contribution in [0.2, 0.25) is 0 Å². The third kappa shape index (κ3) is 4.25. The fourth-order valence-electron chi connectivity index (χ4n) is 1.59. The van der Waals surface area contributed by atoms with Gasteiger partial charge in [-0.3, -0.25) is 0 Å². The molecule has 18 heavy (non-hydrogen) atoms. The van der Waals surface area contributed by atoms with Gasteiger partial charge in [-0.1, -0.05) is 13.8 Å². The highest BCUT2D eigenvalue weighted by Crippen LogP contribution is 2.25. The molecule has 0 bridgehead atoms. The summed E-state index contributed by atoms with van der Waals surface area (Å²) in [5.74, 6) is -0.137. The molecule has 3 nitrogen and oxygen atoms in total. The van der Waals surface area contributed by atoms with E-state index in [0.717, 1.165) is 18.7 Å². The van der Waals surface area contributed by atoms with Crippen LogP contribution >= 0.6 is 0 Å². The lowest BCUT2D eigenvalue weighted by molar-refractivity contribution is 0.363. The van der Waals surface area contributed by atoms with E-state index in [4.69, 9.17) is 10.00 Å². The summed E-state index contributed by atoms with van der Waals surface area (Å²) < 4.78 is 18.1. The van der Waals surface area contributed by atoms with Crippen LogP contribution < -0.4 is 10.1 Å². The van der Waals surface area contributed by atoms with Crippen molar-refractivity contribution in [1.29, 1.82) is 5.26 Å². The molecule has 0 radical (unpaired) electrons. The summed E-state index contributed by atoms with van der Waals surface area (Å²) in [7, 11) is 1.44. The van der Waals surface area contributed by atoms with Gasteiger partial charge in [0.05, 0.1) is 13.2 Å². The number of rotatable bonds is 6. The van der Waals surface area contributed by atoms with E-state index in [0.29, 0.717) is 6.42 Å². The Morgan fingerprint density at radius 2 is 2.17 bits per heavy atom. The van der Waals surface area contributed by atoms with E-state index < -0.39 is 0 Å². The molecule has 0 saturated heterocycles.